The summed E-state index contributed by atoms with van der Waals surface area (Å²) in [7, 11) is 0. The van der Waals surface area contributed by atoms with E-state index in [2.05, 4.69) is 10.1 Å². The van der Waals surface area contributed by atoms with Crippen molar-refractivity contribution in [3.8, 4) is 5.75 Å². The summed E-state index contributed by atoms with van der Waals surface area (Å²) >= 11 is 0. The van der Waals surface area contributed by atoms with Gasteiger partial charge in [-0.1, -0.05) is 45.4 Å². The Morgan fingerprint density at radius 3 is 2.37 bits per heavy atom. The van der Waals surface area contributed by atoms with Crippen molar-refractivity contribution >= 4 is 0 Å². The molecule has 0 fully saturated rings. The van der Waals surface area contributed by atoms with E-state index in [1.165, 1.54) is 6.07 Å². The van der Waals surface area contributed by atoms with Crippen molar-refractivity contribution in [2.75, 3.05) is 6.54 Å². The molecule has 1 rings (SSSR count). The minimum atomic E-state index is -4.66. The highest BCUT2D eigenvalue weighted by Crippen LogP contribution is 2.34. The van der Waals surface area contributed by atoms with Gasteiger partial charge in [0.1, 0.15) is 5.75 Å². The van der Waals surface area contributed by atoms with E-state index >= 15 is 0 Å². The highest BCUT2D eigenvalue weighted by atomic mass is 19.4. The SMILES string of the molecule is CCNC(c1ccccc1OC(F)(F)F)C(C)CC. The molecule has 0 aliphatic carbocycles. The first kappa shape index (κ1) is 15.8. The number of hydrogen-bond acceptors (Lipinski definition) is 2. The number of alkyl halides is 3. The molecule has 5 heteroatoms. The molecular weight excluding hydrogens is 255 g/mol. The zero-order chi connectivity index (χ0) is 14.5. The lowest BCUT2D eigenvalue weighted by Crippen LogP contribution is -2.28. The average molecular weight is 275 g/mol. The Morgan fingerprint density at radius 2 is 1.84 bits per heavy atom. The van der Waals surface area contributed by atoms with E-state index in [0.717, 1.165) is 6.42 Å². The predicted molar refractivity (Wildman–Crippen MR) is 69.0 cm³/mol. The number of nitrogens with one attached hydrogen (secondary N) is 1. The van der Waals surface area contributed by atoms with Crippen LogP contribution < -0.4 is 10.1 Å². The van der Waals surface area contributed by atoms with Gasteiger partial charge < -0.3 is 10.1 Å². The van der Waals surface area contributed by atoms with Crippen molar-refractivity contribution in [2.24, 2.45) is 5.92 Å². The fourth-order valence-electron chi connectivity index (χ4n) is 2.03. The minimum Gasteiger partial charge on any atom is -0.405 e. The summed E-state index contributed by atoms with van der Waals surface area (Å²) in [4.78, 5) is 0. The summed E-state index contributed by atoms with van der Waals surface area (Å²) in [5, 5.41) is 3.23. The van der Waals surface area contributed by atoms with Gasteiger partial charge in [-0.2, -0.15) is 0 Å². The second-order valence-corrected chi connectivity index (χ2v) is 4.51. The summed E-state index contributed by atoms with van der Waals surface area (Å²) in [6.07, 6.45) is -3.79. The number of halogens is 3. The fraction of sp³-hybridized carbons (Fsp3) is 0.571. The molecule has 0 bridgehead atoms. The van der Waals surface area contributed by atoms with Crippen LogP contribution in [-0.4, -0.2) is 12.9 Å². The van der Waals surface area contributed by atoms with Crippen molar-refractivity contribution in [1.29, 1.82) is 0 Å². The average Bonchev–Trinajstić information content (AvgIpc) is 2.34. The van der Waals surface area contributed by atoms with E-state index in [-0.39, 0.29) is 17.7 Å². The molecule has 0 saturated carbocycles. The molecule has 108 valence electrons. The van der Waals surface area contributed by atoms with Crippen LogP contribution in [0.2, 0.25) is 0 Å². The van der Waals surface area contributed by atoms with Crippen molar-refractivity contribution in [3.63, 3.8) is 0 Å². The third-order valence-electron chi connectivity index (χ3n) is 3.12. The largest absolute Gasteiger partial charge is 0.573 e. The number of para-hydroxylation sites is 1. The van der Waals surface area contributed by atoms with Gasteiger partial charge in [0.15, 0.2) is 0 Å². The molecule has 0 heterocycles. The lowest BCUT2D eigenvalue weighted by atomic mass is 9.92. The molecule has 19 heavy (non-hydrogen) atoms. The summed E-state index contributed by atoms with van der Waals surface area (Å²) in [6.45, 7) is 6.65. The zero-order valence-electron chi connectivity index (χ0n) is 11.4. The molecule has 0 saturated heterocycles. The highest BCUT2D eigenvalue weighted by Gasteiger charge is 2.33. The Labute approximate surface area is 112 Å². The summed E-state index contributed by atoms with van der Waals surface area (Å²) in [5.41, 5.74) is 0.552. The summed E-state index contributed by atoms with van der Waals surface area (Å²) < 4.78 is 41.3. The van der Waals surface area contributed by atoms with Gasteiger partial charge in [0.05, 0.1) is 0 Å². The fourth-order valence-corrected chi connectivity index (χ4v) is 2.03. The molecule has 1 N–H and O–H groups in total. The maximum atomic E-state index is 12.4. The smallest absolute Gasteiger partial charge is 0.405 e. The topological polar surface area (TPSA) is 21.3 Å². The van der Waals surface area contributed by atoms with Crippen molar-refractivity contribution in [3.05, 3.63) is 29.8 Å². The number of ether oxygens (including phenoxy) is 1. The Bertz CT molecular complexity index is 393. The maximum absolute atomic E-state index is 12.4. The van der Waals surface area contributed by atoms with Crippen molar-refractivity contribution < 1.29 is 17.9 Å². The monoisotopic (exact) mass is 275 g/mol. The van der Waals surface area contributed by atoms with Crippen LogP contribution in [0.25, 0.3) is 0 Å². The van der Waals surface area contributed by atoms with Crippen LogP contribution in [0.15, 0.2) is 24.3 Å². The molecular formula is C14H20F3NO. The minimum absolute atomic E-state index is 0.124. The van der Waals surface area contributed by atoms with Crippen LogP contribution in [0.4, 0.5) is 13.2 Å². The van der Waals surface area contributed by atoms with Gasteiger partial charge in [-0.05, 0) is 18.5 Å². The van der Waals surface area contributed by atoms with Gasteiger partial charge in [-0.25, -0.2) is 0 Å². The molecule has 0 aliphatic rings. The quantitative estimate of drug-likeness (QED) is 0.836. The van der Waals surface area contributed by atoms with Gasteiger partial charge in [0.25, 0.3) is 0 Å². The molecule has 2 atom stereocenters. The first-order chi connectivity index (χ1) is 8.89. The molecule has 1 aromatic rings. The maximum Gasteiger partial charge on any atom is 0.573 e. The Morgan fingerprint density at radius 1 is 1.21 bits per heavy atom. The van der Waals surface area contributed by atoms with Gasteiger partial charge >= 0.3 is 6.36 Å². The van der Waals surface area contributed by atoms with E-state index in [9.17, 15) is 13.2 Å². The van der Waals surface area contributed by atoms with E-state index in [0.29, 0.717) is 12.1 Å². The molecule has 0 radical (unpaired) electrons. The summed E-state index contributed by atoms with van der Waals surface area (Å²) in [6, 6.07) is 6.17. The second kappa shape index (κ2) is 6.80. The third-order valence-corrected chi connectivity index (χ3v) is 3.12. The zero-order valence-corrected chi connectivity index (χ0v) is 11.4. The first-order valence-electron chi connectivity index (χ1n) is 6.47. The lowest BCUT2D eigenvalue weighted by Gasteiger charge is -2.26. The van der Waals surface area contributed by atoms with E-state index in [4.69, 9.17) is 0 Å². The number of rotatable bonds is 6. The van der Waals surface area contributed by atoms with Gasteiger partial charge in [0.2, 0.25) is 0 Å². The van der Waals surface area contributed by atoms with E-state index < -0.39 is 6.36 Å². The van der Waals surface area contributed by atoms with Crippen LogP contribution in [0.5, 0.6) is 5.75 Å². The van der Waals surface area contributed by atoms with Gasteiger partial charge in [-0.15, -0.1) is 13.2 Å². The van der Waals surface area contributed by atoms with Crippen LogP contribution in [0, 0.1) is 5.92 Å². The van der Waals surface area contributed by atoms with Gasteiger partial charge in [0, 0.05) is 11.6 Å². The van der Waals surface area contributed by atoms with Crippen LogP contribution in [0.1, 0.15) is 38.8 Å². The number of hydrogen-bond donors (Lipinski definition) is 1. The van der Waals surface area contributed by atoms with Crippen LogP contribution in [-0.2, 0) is 0 Å². The molecule has 2 nitrogen and oxygen atoms in total. The van der Waals surface area contributed by atoms with Crippen molar-refractivity contribution in [2.45, 2.75) is 39.6 Å². The second-order valence-electron chi connectivity index (χ2n) is 4.51. The predicted octanol–water partition coefficient (Wildman–Crippen LogP) is 4.28. The first-order valence-corrected chi connectivity index (χ1v) is 6.47. The Hall–Kier alpha value is -1.23. The lowest BCUT2D eigenvalue weighted by molar-refractivity contribution is -0.275. The highest BCUT2D eigenvalue weighted by molar-refractivity contribution is 5.36. The normalized spacial score (nSPS) is 15.1. The Balaban J connectivity index is 3.08. The summed E-state index contributed by atoms with van der Waals surface area (Å²) in [5.74, 6) is 0.0965. The van der Waals surface area contributed by atoms with Gasteiger partial charge in [-0.3, -0.25) is 0 Å². The van der Waals surface area contributed by atoms with Crippen molar-refractivity contribution in [1.82, 2.24) is 5.32 Å². The molecule has 0 aliphatic heterocycles. The molecule has 0 aromatic heterocycles. The molecule has 1 aromatic carbocycles. The standard InChI is InChI=1S/C14H20F3NO/c1-4-10(3)13(18-5-2)11-8-6-7-9-12(11)19-14(15,16)17/h6-10,13,18H,4-5H2,1-3H3. The molecule has 2 unspecified atom stereocenters. The molecule has 0 amide bonds. The third kappa shape index (κ3) is 4.74. The van der Waals surface area contributed by atoms with E-state index in [1.807, 2.05) is 20.8 Å². The number of benzene rings is 1. The Kier molecular flexibility index (Phi) is 5.66. The van der Waals surface area contributed by atoms with Crippen LogP contribution in [0.3, 0.4) is 0 Å². The molecule has 0 spiro atoms. The van der Waals surface area contributed by atoms with Crippen LogP contribution >= 0.6 is 0 Å². The van der Waals surface area contributed by atoms with E-state index in [1.54, 1.807) is 18.2 Å².